The molecular formula is C13H17BrN2O3. The van der Waals surface area contributed by atoms with Crippen LogP contribution in [0.1, 0.15) is 24.2 Å². The Morgan fingerprint density at radius 3 is 2.63 bits per heavy atom. The van der Waals surface area contributed by atoms with E-state index >= 15 is 0 Å². The summed E-state index contributed by atoms with van der Waals surface area (Å²) in [6, 6.07) is 5.06. The van der Waals surface area contributed by atoms with Crippen molar-refractivity contribution in [3.63, 3.8) is 0 Å². The molecule has 1 aromatic rings. The molecule has 0 fully saturated rings. The van der Waals surface area contributed by atoms with Crippen LogP contribution in [-0.2, 0) is 9.53 Å². The van der Waals surface area contributed by atoms with E-state index in [0.29, 0.717) is 28.9 Å². The molecule has 0 spiro atoms. The zero-order valence-corrected chi connectivity index (χ0v) is 12.6. The highest BCUT2D eigenvalue weighted by molar-refractivity contribution is 9.10. The number of anilines is 1. The summed E-state index contributed by atoms with van der Waals surface area (Å²) < 4.78 is 5.39. The summed E-state index contributed by atoms with van der Waals surface area (Å²) in [6.45, 7) is 4.18. The van der Waals surface area contributed by atoms with E-state index in [1.54, 1.807) is 32.0 Å². The number of hydrogen-bond donors (Lipinski definition) is 1. The minimum Gasteiger partial charge on any atom is -0.465 e. The number of carbonyl (C=O) groups excluding carboxylic acids is 2. The number of esters is 1. The Labute approximate surface area is 120 Å². The lowest BCUT2D eigenvalue weighted by molar-refractivity contribution is -0.143. The maximum Gasteiger partial charge on any atom is 0.325 e. The molecule has 2 N–H and O–H groups in total. The van der Waals surface area contributed by atoms with Gasteiger partial charge in [0.2, 0.25) is 0 Å². The number of carbonyl (C=O) groups is 2. The van der Waals surface area contributed by atoms with Crippen molar-refractivity contribution in [3.05, 3.63) is 28.2 Å². The van der Waals surface area contributed by atoms with Crippen molar-refractivity contribution < 1.29 is 14.3 Å². The Kier molecular flexibility index (Phi) is 5.82. The van der Waals surface area contributed by atoms with E-state index in [-0.39, 0.29) is 12.5 Å². The van der Waals surface area contributed by atoms with Gasteiger partial charge in [0, 0.05) is 12.2 Å². The largest absolute Gasteiger partial charge is 0.465 e. The monoisotopic (exact) mass is 328 g/mol. The fraction of sp³-hybridized carbons (Fsp3) is 0.385. The number of nitrogens with two attached hydrogens (primary N) is 1. The second kappa shape index (κ2) is 7.13. The van der Waals surface area contributed by atoms with Crippen molar-refractivity contribution in [2.24, 2.45) is 0 Å². The van der Waals surface area contributed by atoms with Crippen LogP contribution in [0.25, 0.3) is 0 Å². The first-order valence-corrected chi connectivity index (χ1v) is 6.79. The number of hydrogen-bond acceptors (Lipinski definition) is 4. The number of amides is 1. The number of nitrogen functional groups attached to an aromatic ring is 1. The molecule has 1 aromatic carbocycles. The van der Waals surface area contributed by atoms with Crippen LogP contribution in [0.4, 0.5) is 5.69 Å². The molecule has 0 atom stereocenters. The maximum absolute atomic E-state index is 12.3. The van der Waals surface area contributed by atoms with E-state index in [1.165, 1.54) is 4.90 Å². The fourth-order valence-electron chi connectivity index (χ4n) is 1.58. The summed E-state index contributed by atoms with van der Waals surface area (Å²) in [5, 5.41) is 0. The molecule has 104 valence electrons. The van der Waals surface area contributed by atoms with E-state index in [2.05, 4.69) is 15.9 Å². The molecule has 0 aliphatic rings. The van der Waals surface area contributed by atoms with Crippen molar-refractivity contribution in [1.29, 1.82) is 0 Å². The fourth-order valence-corrected chi connectivity index (χ4v) is 2.01. The second-order valence-corrected chi connectivity index (χ2v) is 4.63. The lowest BCUT2D eigenvalue weighted by Crippen LogP contribution is -2.36. The quantitative estimate of drug-likeness (QED) is 0.663. The van der Waals surface area contributed by atoms with E-state index < -0.39 is 5.97 Å². The average Bonchev–Trinajstić information content (AvgIpc) is 2.39. The molecule has 1 rings (SSSR count). The smallest absolute Gasteiger partial charge is 0.325 e. The first-order valence-electron chi connectivity index (χ1n) is 6.00. The molecule has 0 saturated carbocycles. The van der Waals surface area contributed by atoms with Gasteiger partial charge < -0.3 is 15.4 Å². The molecule has 5 nitrogen and oxygen atoms in total. The predicted molar refractivity (Wildman–Crippen MR) is 76.8 cm³/mol. The summed E-state index contributed by atoms with van der Waals surface area (Å²) in [4.78, 5) is 25.2. The van der Waals surface area contributed by atoms with Crippen molar-refractivity contribution >= 4 is 33.5 Å². The highest BCUT2D eigenvalue weighted by Gasteiger charge is 2.20. The maximum atomic E-state index is 12.3. The summed E-state index contributed by atoms with van der Waals surface area (Å²) in [5.74, 6) is -0.674. The van der Waals surface area contributed by atoms with Crippen LogP contribution in [-0.4, -0.2) is 36.5 Å². The van der Waals surface area contributed by atoms with Crippen LogP contribution in [0.5, 0.6) is 0 Å². The number of ether oxygens (including phenoxy) is 1. The van der Waals surface area contributed by atoms with Gasteiger partial charge in [-0.15, -0.1) is 0 Å². The Morgan fingerprint density at radius 1 is 1.37 bits per heavy atom. The molecular weight excluding hydrogens is 312 g/mol. The molecule has 1 amide bonds. The van der Waals surface area contributed by atoms with E-state index in [9.17, 15) is 9.59 Å². The van der Waals surface area contributed by atoms with Gasteiger partial charge in [0.15, 0.2) is 0 Å². The van der Waals surface area contributed by atoms with Gasteiger partial charge in [-0.1, -0.05) is 6.07 Å². The van der Waals surface area contributed by atoms with Gasteiger partial charge in [0.1, 0.15) is 6.54 Å². The van der Waals surface area contributed by atoms with Crippen LogP contribution in [0.2, 0.25) is 0 Å². The van der Waals surface area contributed by atoms with Crippen LogP contribution in [0.15, 0.2) is 22.7 Å². The van der Waals surface area contributed by atoms with Gasteiger partial charge in [-0.3, -0.25) is 9.59 Å². The zero-order valence-electron chi connectivity index (χ0n) is 11.0. The van der Waals surface area contributed by atoms with Gasteiger partial charge in [-0.25, -0.2) is 0 Å². The number of nitrogens with zero attached hydrogens (tertiary/aromatic N) is 1. The Balaban J connectivity index is 2.89. The normalized spacial score (nSPS) is 10.1. The van der Waals surface area contributed by atoms with Crippen LogP contribution >= 0.6 is 15.9 Å². The van der Waals surface area contributed by atoms with Crippen LogP contribution < -0.4 is 5.73 Å². The Hall–Kier alpha value is -1.56. The lowest BCUT2D eigenvalue weighted by atomic mass is 10.1. The molecule has 0 aliphatic heterocycles. The standard InChI is InChI=1S/C13H17BrN2O3/c1-3-16(8-11(17)19-4-2)13(18)9-6-5-7-10(15)12(9)14/h5-7H,3-4,8,15H2,1-2H3. The third-order valence-corrected chi connectivity index (χ3v) is 3.44. The summed E-state index contributed by atoms with van der Waals surface area (Å²) in [7, 11) is 0. The number of likely N-dealkylation sites (N-methyl/N-ethyl adjacent to an activating group) is 1. The predicted octanol–water partition coefficient (Wildman–Crippen LogP) is 2.06. The topological polar surface area (TPSA) is 72.6 Å². The highest BCUT2D eigenvalue weighted by Crippen LogP contribution is 2.24. The van der Waals surface area contributed by atoms with Gasteiger partial charge in [-0.2, -0.15) is 0 Å². The number of benzene rings is 1. The van der Waals surface area contributed by atoms with Crippen LogP contribution in [0, 0.1) is 0 Å². The average molecular weight is 329 g/mol. The van der Waals surface area contributed by atoms with Gasteiger partial charge in [0.25, 0.3) is 5.91 Å². The Bertz CT molecular complexity index is 477. The molecule has 19 heavy (non-hydrogen) atoms. The molecule has 0 saturated heterocycles. The SMILES string of the molecule is CCOC(=O)CN(CC)C(=O)c1cccc(N)c1Br. The minimum atomic E-state index is -0.419. The lowest BCUT2D eigenvalue weighted by Gasteiger charge is -2.20. The molecule has 6 heteroatoms. The van der Waals surface area contributed by atoms with Crippen molar-refractivity contribution in [1.82, 2.24) is 4.90 Å². The van der Waals surface area contributed by atoms with E-state index in [4.69, 9.17) is 10.5 Å². The molecule has 0 bridgehead atoms. The third-order valence-electron chi connectivity index (χ3n) is 2.55. The molecule has 0 unspecified atom stereocenters. The van der Waals surface area contributed by atoms with Gasteiger partial charge >= 0.3 is 5.97 Å². The zero-order chi connectivity index (χ0) is 14.4. The number of halogens is 1. The first kappa shape index (κ1) is 15.5. The minimum absolute atomic E-state index is 0.0651. The van der Waals surface area contributed by atoms with E-state index in [1.807, 2.05) is 0 Å². The van der Waals surface area contributed by atoms with E-state index in [0.717, 1.165) is 0 Å². The van der Waals surface area contributed by atoms with Crippen molar-refractivity contribution in [2.75, 3.05) is 25.4 Å². The third kappa shape index (κ3) is 3.96. The Morgan fingerprint density at radius 2 is 2.05 bits per heavy atom. The van der Waals surface area contributed by atoms with Crippen molar-refractivity contribution in [2.45, 2.75) is 13.8 Å². The molecule has 0 aliphatic carbocycles. The molecule has 0 heterocycles. The van der Waals surface area contributed by atoms with Crippen LogP contribution in [0.3, 0.4) is 0 Å². The summed E-state index contributed by atoms with van der Waals surface area (Å²) >= 11 is 3.29. The first-order chi connectivity index (χ1) is 9.01. The van der Waals surface area contributed by atoms with Crippen molar-refractivity contribution in [3.8, 4) is 0 Å². The molecule has 0 aromatic heterocycles. The summed E-state index contributed by atoms with van der Waals surface area (Å²) in [5.41, 5.74) is 6.66. The highest BCUT2D eigenvalue weighted by atomic mass is 79.9. The molecule has 0 radical (unpaired) electrons. The van der Waals surface area contributed by atoms with Gasteiger partial charge in [-0.05, 0) is 41.9 Å². The number of rotatable bonds is 5. The van der Waals surface area contributed by atoms with Gasteiger partial charge in [0.05, 0.1) is 16.6 Å². The second-order valence-electron chi connectivity index (χ2n) is 3.83. The summed E-state index contributed by atoms with van der Waals surface area (Å²) in [6.07, 6.45) is 0.